The molecular weight excluding hydrogens is 394 g/mol. The second-order valence-electron chi connectivity index (χ2n) is 5.03. The van der Waals surface area contributed by atoms with Gasteiger partial charge in [-0.05, 0) is 36.4 Å². The smallest absolute Gasteiger partial charge is 0.329 e. The van der Waals surface area contributed by atoms with Gasteiger partial charge in [0.05, 0.1) is 27.8 Å². The molecule has 0 radical (unpaired) electrons. The van der Waals surface area contributed by atoms with Crippen LogP contribution >= 0.6 is 23.2 Å². The Morgan fingerprint density at radius 1 is 0.962 bits per heavy atom. The van der Waals surface area contributed by atoms with E-state index in [-0.39, 0.29) is 21.4 Å². The molecule has 0 bridgehead atoms. The van der Waals surface area contributed by atoms with Crippen LogP contribution in [0.1, 0.15) is 5.56 Å². The van der Waals surface area contributed by atoms with E-state index in [2.05, 4.69) is 16.0 Å². The summed E-state index contributed by atoms with van der Waals surface area (Å²) in [6, 6.07) is 7.88. The molecule has 0 atom stereocenters. The number of urea groups is 1. The highest BCUT2D eigenvalue weighted by Gasteiger charge is 2.29. The van der Waals surface area contributed by atoms with Crippen molar-refractivity contribution < 1.29 is 22.8 Å². The Balaban J connectivity index is 1.84. The lowest BCUT2D eigenvalue weighted by atomic mass is 10.2. The Morgan fingerprint density at radius 3 is 2.23 bits per heavy atom. The van der Waals surface area contributed by atoms with E-state index in [1.54, 1.807) is 12.1 Å². The number of hydrogen-bond donors (Lipinski definition) is 3. The highest BCUT2D eigenvalue weighted by atomic mass is 35.5. The maximum atomic E-state index is 12.5. The standard InChI is InChI=1S/C16H12Cl2F3N3O2/c17-11-2-1-3-12(14(11)18)24-15(26)22-8-13(25)23-10-6-4-9(5-7-10)16(19,20)21/h1-7H,8H2,(H,23,25)(H2,22,24,26). The lowest BCUT2D eigenvalue weighted by Crippen LogP contribution is -2.35. The predicted molar refractivity (Wildman–Crippen MR) is 93.6 cm³/mol. The Bertz CT molecular complexity index is 811. The van der Waals surface area contributed by atoms with Gasteiger partial charge < -0.3 is 16.0 Å². The monoisotopic (exact) mass is 405 g/mol. The quantitative estimate of drug-likeness (QED) is 0.685. The van der Waals surface area contributed by atoms with Crippen molar-refractivity contribution in [2.45, 2.75) is 6.18 Å². The molecule has 0 aliphatic carbocycles. The molecule has 0 fully saturated rings. The molecule has 10 heteroatoms. The maximum absolute atomic E-state index is 12.5. The minimum Gasteiger partial charge on any atom is -0.329 e. The summed E-state index contributed by atoms with van der Waals surface area (Å²) in [4.78, 5) is 23.5. The van der Waals surface area contributed by atoms with E-state index < -0.39 is 30.2 Å². The van der Waals surface area contributed by atoms with Crippen LogP contribution < -0.4 is 16.0 Å². The molecule has 2 aromatic rings. The number of hydrogen-bond acceptors (Lipinski definition) is 2. The molecular formula is C16H12Cl2F3N3O2. The number of anilines is 2. The molecule has 2 aromatic carbocycles. The molecule has 0 saturated carbocycles. The van der Waals surface area contributed by atoms with Crippen LogP contribution in [0.3, 0.4) is 0 Å². The van der Waals surface area contributed by atoms with Gasteiger partial charge in [0.15, 0.2) is 0 Å². The van der Waals surface area contributed by atoms with Gasteiger partial charge in [0.25, 0.3) is 0 Å². The molecule has 138 valence electrons. The Labute approximate surface area is 156 Å². The summed E-state index contributed by atoms with van der Waals surface area (Å²) in [6.45, 7) is -0.398. The normalized spacial score (nSPS) is 11.0. The van der Waals surface area contributed by atoms with Crippen LogP contribution in [0.2, 0.25) is 10.0 Å². The number of rotatable bonds is 4. The molecule has 2 rings (SSSR count). The zero-order valence-electron chi connectivity index (χ0n) is 13.0. The lowest BCUT2D eigenvalue weighted by molar-refractivity contribution is -0.137. The highest BCUT2D eigenvalue weighted by molar-refractivity contribution is 6.43. The van der Waals surface area contributed by atoms with Crippen molar-refractivity contribution in [3.8, 4) is 0 Å². The topological polar surface area (TPSA) is 70.2 Å². The zero-order valence-corrected chi connectivity index (χ0v) is 14.5. The van der Waals surface area contributed by atoms with Crippen LogP contribution in [0.25, 0.3) is 0 Å². The first-order valence-corrected chi connectivity index (χ1v) is 7.88. The summed E-state index contributed by atoms with van der Waals surface area (Å²) in [5, 5.41) is 7.48. The molecule has 0 aliphatic rings. The van der Waals surface area contributed by atoms with Gasteiger partial charge in [0.2, 0.25) is 5.91 Å². The van der Waals surface area contributed by atoms with Crippen molar-refractivity contribution in [1.82, 2.24) is 5.32 Å². The van der Waals surface area contributed by atoms with E-state index in [4.69, 9.17) is 23.2 Å². The average Bonchev–Trinajstić information content (AvgIpc) is 2.57. The first-order valence-electron chi connectivity index (χ1n) is 7.13. The molecule has 0 spiro atoms. The van der Waals surface area contributed by atoms with Crippen molar-refractivity contribution in [3.05, 3.63) is 58.1 Å². The lowest BCUT2D eigenvalue weighted by Gasteiger charge is -2.11. The Hall–Kier alpha value is -2.45. The van der Waals surface area contributed by atoms with E-state index >= 15 is 0 Å². The largest absolute Gasteiger partial charge is 0.416 e. The van der Waals surface area contributed by atoms with E-state index in [1.807, 2.05) is 0 Å². The van der Waals surface area contributed by atoms with Crippen LogP contribution in [0.5, 0.6) is 0 Å². The number of alkyl halides is 3. The van der Waals surface area contributed by atoms with Gasteiger partial charge in [-0.1, -0.05) is 29.3 Å². The third kappa shape index (κ3) is 5.53. The van der Waals surface area contributed by atoms with Crippen LogP contribution in [0.4, 0.5) is 29.3 Å². The van der Waals surface area contributed by atoms with Crippen LogP contribution in [-0.2, 0) is 11.0 Å². The summed E-state index contributed by atoms with van der Waals surface area (Å²) < 4.78 is 37.4. The van der Waals surface area contributed by atoms with Gasteiger partial charge in [-0.25, -0.2) is 4.79 Å². The Kier molecular flexibility index (Phi) is 6.33. The van der Waals surface area contributed by atoms with Crippen molar-refractivity contribution >= 4 is 46.5 Å². The maximum Gasteiger partial charge on any atom is 0.416 e. The number of nitrogens with one attached hydrogen (secondary N) is 3. The first-order chi connectivity index (χ1) is 12.2. The second kappa shape index (κ2) is 8.29. The molecule has 0 aliphatic heterocycles. The zero-order chi connectivity index (χ0) is 19.3. The average molecular weight is 406 g/mol. The number of benzene rings is 2. The number of carbonyl (C=O) groups excluding carboxylic acids is 2. The fourth-order valence-electron chi connectivity index (χ4n) is 1.88. The first kappa shape index (κ1) is 19.9. The van der Waals surface area contributed by atoms with Crippen molar-refractivity contribution in [3.63, 3.8) is 0 Å². The van der Waals surface area contributed by atoms with Crippen LogP contribution in [0.15, 0.2) is 42.5 Å². The summed E-state index contributed by atoms with van der Waals surface area (Å²) in [6.07, 6.45) is -4.45. The fourth-order valence-corrected chi connectivity index (χ4v) is 2.22. The van der Waals surface area contributed by atoms with Gasteiger partial charge in [-0.2, -0.15) is 13.2 Å². The number of halogens is 5. The third-order valence-corrected chi connectivity index (χ3v) is 3.92. The molecule has 3 N–H and O–H groups in total. The summed E-state index contributed by atoms with van der Waals surface area (Å²) in [5.41, 5.74) is -0.394. The van der Waals surface area contributed by atoms with Crippen LogP contribution in [-0.4, -0.2) is 18.5 Å². The van der Waals surface area contributed by atoms with Gasteiger partial charge in [-0.15, -0.1) is 0 Å². The Morgan fingerprint density at radius 2 is 1.62 bits per heavy atom. The minimum atomic E-state index is -4.45. The molecule has 0 saturated heterocycles. The number of amides is 3. The summed E-state index contributed by atoms with van der Waals surface area (Å²) in [7, 11) is 0. The second-order valence-corrected chi connectivity index (χ2v) is 5.82. The fraction of sp³-hybridized carbons (Fsp3) is 0.125. The van der Waals surface area contributed by atoms with Crippen molar-refractivity contribution in [2.24, 2.45) is 0 Å². The van der Waals surface area contributed by atoms with E-state index in [0.29, 0.717) is 0 Å². The minimum absolute atomic E-state index is 0.151. The third-order valence-electron chi connectivity index (χ3n) is 3.11. The molecule has 26 heavy (non-hydrogen) atoms. The van der Waals surface area contributed by atoms with Crippen molar-refractivity contribution in [1.29, 1.82) is 0 Å². The predicted octanol–water partition coefficient (Wildman–Crippen LogP) is 4.77. The van der Waals surface area contributed by atoms with Gasteiger partial charge in [-0.3, -0.25) is 4.79 Å². The SMILES string of the molecule is O=C(CNC(=O)Nc1cccc(Cl)c1Cl)Nc1ccc(C(F)(F)F)cc1. The molecule has 3 amide bonds. The van der Waals surface area contributed by atoms with Crippen LogP contribution in [0, 0.1) is 0 Å². The van der Waals surface area contributed by atoms with Gasteiger partial charge in [0.1, 0.15) is 0 Å². The van der Waals surface area contributed by atoms with E-state index in [0.717, 1.165) is 24.3 Å². The summed E-state index contributed by atoms with van der Waals surface area (Å²) in [5.74, 6) is -0.614. The molecule has 0 heterocycles. The van der Waals surface area contributed by atoms with Gasteiger partial charge in [0, 0.05) is 5.69 Å². The molecule has 0 unspecified atom stereocenters. The molecule has 0 aromatic heterocycles. The van der Waals surface area contributed by atoms with E-state index in [9.17, 15) is 22.8 Å². The molecule has 5 nitrogen and oxygen atoms in total. The highest BCUT2D eigenvalue weighted by Crippen LogP contribution is 2.30. The number of carbonyl (C=O) groups is 2. The van der Waals surface area contributed by atoms with E-state index in [1.165, 1.54) is 6.07 Å². The van der Waals surface area contributed by atoms with Gasteiger partial charge >= 0.3 is 12.2 Å². The van der Waals surface area contributed by atoms with Crippen molar-refractivity contribution in [2.75, 3.05) is 17.2 Å². The summed E-state index contributed by atoms with van der Waals surface area (Å²) >= 11 is 11.7.